The highest BCUT2D eigenvalue weighted by Gasteiger charge is 2.32. The molecule has 0 saturated heterocycles. The molecular formula is C28H32ClN3O4S. The van der Waals surface area contributed by atoms with Crippen molar-refractivity contribution in [2.24, 2.45) is 0 Å². The molecule has 2 amide bonds. The number of carbonyl (C=O) groups is 2. The van der Waals surface area contributed by atoms with Crippen LogP contribution in [0.15, 0.2) is 78.9 Å². The maximum atomic E-state index is 13.9. The third-order valence-electron chi connectivity index (χ3n) is 5.86. The molecule has 0 heterocycles. The van der Waals surface area contributed by atoms with E-state index in [-0.39, 0.29) is 18.9 Å². The van der Waals surface area contributed by atoms with E-state index >= 15 is 0 Å². The van der Waals surface area contributed by atoms with Crippen LogP contribution in [0.3, 0.4) is 0 Å². The van der Waals surface area contributed by atoms with Crippen molar-refractivity contribution in [2.45, 2.75) is 32.9 Å². The lowest BCUT2D eigenvalue weighted by Crippen LogP contribution is -2.53. The van der Waals surface area contributed by atoms with Crippen LogP contribution in [-0.4, -0.2) is 50.5 Å². The van der Waals surface area contributed by atoms with Gasteiger partial charge in [-0.2, -0.15) is 0 Å². The number of amides is 2. The van der Waals surface area contributed by atoms with Crippen LogP contribution in [0.1, 0.15) is 23.6 Å². The second-order valence-corrected chi connectivity index (χ2v) is 11.2. The first-order chi connectivity index (χ1) is 17.6. The van der Waals surface area contributed by atoms with Gasteiger partial charge in [0.15, 0.2) is 0 Å². The van der Waals surface area contributed by atoms with Gasteiger partial charge in [0.1, 0.15) is 12.6 Å². The van der Waals surface area contributed by atoms with Crippen molar-refractivity contribution in [3.8, 4) is 0 Å². The topological polar surface area (TPSA) is 86.8 Å². The Morgan fingerprint density at radius 2 is 1.62 bits per heavy atom. The maximum Gasteiger partial charge on any atom is 0.244 e. The predicted octanol–water partition coefficient (Wildman–Crippen LogP) is 4.19. The third kappa shape index (κ3) is 8.06. The van der Waals surface area contributed by atoms with E-state index in [0.29, 0.717) is 17.3 Å². The van der Waals surface area contributed by atoms with Gasteiger partial charge in [-0.1, -0.05) is 66.2 Å². The summed E-state index contributed by atoms with van der Waals surface area (Å²) in [7, 11) is -3.79. The molecule has 3 rings (SSSR count). The summed E-state index contributed by atoms with van der Waals surface area (Å²) < 4.78 is 26.6. The highest BCUT2D eigenvalue weighted by molar-refractivity contribution is 7.92. The Bertz CT molecular complexity index is 1310. The average molecular weight is 542 g/mol. The van der Waals surface area contributed by atoms with Gasteiger partial charge >= 0.3 is 0 Å². The predicted molar refractivity (Wildman–Crippen MR) is 148 cm³/mol. The molecule has 0 spiro atoms. The van der Waals surface area contributed by atoms with Crippen LogP contribution in [0.25, 0.3) is 0 Å². The van der Waals surface area contributed by atoms with E-state index in [0.717, 1.165) is 27.3 Å². The summed E-state index contributed by atoms with van der Waals surface area (Å²) in [6.07, 6.45) is 1.34. The number of hydrogen-bond acceptors (Lipinski definition) is 4. The van der Waals surface area contributed by atoms with Gasteiger partial charge in [0.05, 0.1) is 11.9 Å². The summed E-state index contributed by atoms with van der Waals surface area (Å²) in [6.45, 7) is 3.72. The average Bonchev–Trinajstić information content (AvgIpc) is 2.85. The van der Waals surface area contributed by atoms with E-state index < -0.39 is 28.5 Å². The Balaban J connectivity index is 2.03. The fourth-order valence-electron chi connectivity index (χ4n) is 4.03. The number of likely N-dealkylation sites (N-methyl/N-ethyl adjacent to an activating group) is 1. The van der Waals surface area contributed by atoms with E-state index in [1.807, 2.05) is 50.2 Å². The molecule has 1 N–H and O–H groups in total. The summed E-state index contributed by atoms with van der Waals surface area (Å²) in [5.41, 5.74) is 2.90. The van der Waals surface area contributed by atoms with Crippen molar-refractivity contribution >= 4 is 39.1 Å². The molecule has 0 aliphatic carbocycles. The first kappa shape index (κ1) is 28.2. The van der Waals surface area contributed by atoms with Gasteiger partial charge < -0.3 is 10.2 Å². The molecule has 37 heavy (non-hydrogen) atoms. The number of nitrogens with zero attached hydrogens (tertiary/aromatic N) is 2. The van der Waals surface area contributed by atoms with Gasteiger partial charge in [0.2, 0.25) is 21.8 Å². The van der Waals surface area contributed by atoms with Crippen LogP contribution in [0.4, 0.5) is 5.69 Å². The molecule has 0 aliphatic heterocycles. The lowest BCUT2D eigenvalue weighted by atomic mass is 10.0. The lowest BCUT2D eigenvalue weighted by molar-refractivity contribution is -0.140. The lowest BCUT2D eigenvalue weighted by Gasteiger charge is -2.33. The van der Waals surface area contributed by atoms with E-state index in [9.17, 15) is 18.0 Å². The van der Waals surface area contributed by atoms with Crippen LogP contribution >= 0.6 is 11.6 Å². The summed E-state index contributed by atoms with van der Waals surface area (Å²) in [6, 6.07) is 22.5. The molecule has 196 valence electrons. The number of benzene rings is 3. The minimum Gasteiger partial charge on any atom is -0.355 e. The molecule has 0 unspecified atom stereocenters. The summed E-state index contributed by atoms with van der Waals surface area (Å²) in [5, 5.41) is 3.38. The van der Waals surface area contributed by atoms with Gasteiger partial charge in [-0.15, -0.1) is 0 Å². The number of hydrogen-bond donors (Lipinski definition) is 1. The van der Waals surface area contributed by atoms with Crippen LogP contribution in [0.5, 0.6) is 0 Å². The SMILES string of the molecule is CCNC(=O)[C@@H](Cc1ccccc1)N(Cc1ccc(Cl)cc1)C(=O)CN(c1cccc(C)c1)S(C)(=O)=O. The van der Waals surface area contributed by atoms with Crippen molar-refractivity contribution in [2.75, 3.05) is 23.7 Å². The maximum absolute atomic E-state index is 13.9. The van der Waals surface area contributed by atoms with Crippen molar-refractivity contribution in [1.82, 2.24) is 10.2 Å². The van der Waals surface area contributed by atoms with Crippen molar-refractivity contribution in [3.63, 3.8) is 0 Å². The number of halogens is 1. The molecule has 0 aliphatic rings. The van der Waals surface area contributed by atoms with Gasteiger partial charge in [0, 0.05) is 24.5 Å². The van der Waals surface area contributed by atoms with Gasteiger partial charge in [-0.3, -0.25) is 13.9 Å². The molecule has 0 aromatic heterocycles. The fourth-order valence-corrected chi connectivity index (χ4v) is 5.00. The van der Waals surface area contributed by atoms with E-state index in [2.05, 4.69) is 5.32 Å². The molecule has 0 saturated carbocycles. The van der Waals surface area contributed by atoms with Gasteiger partial charge in [-0.25, -0.2) is 8.42 Å². The van der Waals surface area contributed by atoms with E-state index in [1.165, 1.54) is 4.90 Å². The molecule has 0 fully saturated rings. The molecule has 0 radical (unpaired) electrons. The number of aryl methyl sites for hydroxylation is 1. The number of anilines is 1. The first-order valence-electron chi connectivity index (χ1n) is 12.0. The molecular weight excluding hydrogens is 510 g/mol. The fraction of sp³-hybridized carbons (Fsp3) is 0.286. The smallest absolute Gasteiger partial charge is 0.244 e. The zero-order chi connectivity index (χ0) is 27.0. The molecule has 9 heteroatoms. The number of rotatable bonds is 11. The molecule has 0 bridgehead atoms. The van der Waals surface area contributed by atoms with E-state index in [4.69, 9.17) is 11.6 Å². The van der Waals surface area contributed by atoms with Crippen LogP contribution in [-0.2, 0) is 32.6 Å². The summed E-state index contributed by atoms with van der Waals surface area (Å²) >= 11 is 6.05. The molecule has 3 aromatic carbocycles. The Labute approximate surface area is 224 Å². The van der Waals surface area contributed by atoms with Crippen LogP contribution in [0, 0.1) is 6.92 Å². The summed E-state index contributed by atoms with van der Waals surface area (Å²) in [4.78, 5) is 28.6. The van der Waals surface area contributed by atoms with E-state index in [1.54, 1.807) is 42.5 Å². The Kier molecular flexibility index (Phi) is 9.72. The van der Waals surface area contributed by atoms with Crippen molar-refractivity contribution in [3.05, 3.63) is 101 Å². The minimum absolute atomic E-state index is 0.107. The van der Waals surface area contributed by atoms with Gasteiger partial charge in [-0.05, 0) is 54.8 Å². The second-order valence-electron chi connectivity index (χ2n) is 8.86. The molecule has 1 atom stereocenters. The molecule has 3 aromatic rings. The van der Waals surface area contributed by atoms with Gasteiger partial charge in [0.25, 0.3) is 0 Å². The monoisotopic (exact) mass is 541 g/mol. The molecule has 7 nitrogen and oxygen atoms in total. The van der Waals surface area contributed by atoms with Crippen molar-refractivity contribution < 1.29 is 18.0 Å². The zero-order valence-electron chi connectivity index (χ0n) is 21.2. The summed E-state index contributed by atoms with van der Waals surface area (Å²) in [5.74, 6) is -0.802. The Hall–Kier alpha value is -3.36. The Morgan fingerprint density at radius 3 is 2.22 bits per heavy atom. The van der Waals surface area contributed by atoms with Crippen molar-refractivity contribution in [1.29, 1.82) is 0 Å². The quantitative estimate of drug-likeness (QED) is 0.394. The minimum atomic E-state index is -3.79. The standard InChI is InChI=1S/C28H32ClN3O4S/c1-4-30-28(34)26(18-22-10-6-5-7-11-22)31(19-23-13-15-24(29)16-14-23)27(33)20-32(37(3,35)36)25-12-8-9-21(2)17-25/h5-17,26H,4,18-20H2,1-3H3,(H,30,34)/t26-/m1/s1. The normalized spacial score (nSPS) is 12.0. The highest BCUT2D eigenvalue weighted by Crippen LogP contribution is 2.21. The number of sulfonamides is 1. The first-order valence-corrected chi connectivity index (χ1v) is 14.2. The second kappa shape index (κ2) is 12.7. The third-order valence-corrected chi connectivity index (χ3v) is 7.25. The number of carbonyl (C=O) groups excluding carboxylic acids is 2. The highest BCUT2D eigenvalue weighted by atomic mass is 35.5. The number of nitrogens with one attached hydrogen (secondary N) is 1. The Morgan fingerprint density at radius 1 is 0.946 bits per heavy atom. The largest absolute Gasteiger partial charge is 0.355 e. The van der Waals surface area contributed by atoms with Crippen LogP contribution in [0.2, 0.25) is 5.02 Å². The zero-order valence-corrected chi connectivity index (χ0v) is 22.8. The van der Waals surface area contributed by atoms with Crippen LogP contribution < -0.4 is 9.62 Å².